The summed E-state index contributed by atoms with van der Waals surface area (Å²) in [5.74, 6) is -4.44. The third-order valence-corrected chi connectivity index (χ3v) is 4.25. The van der Waals surface area contributed by atoms with Gasteiger partial charge in [-0.15, -0.1) is 0 Å². The van der Waals surface area contributed by atoms with Crippen molar-refractivity contribution < 1.29 is 23.5 Å². The highest BCUT2D eigenvalue weighted by molar-refractivity contribution is 5.96. The number of aliphatic carboxylic acids is 1. The Labute approximate surface area is 195 Å². The maximum atomic E-state index is 13.0. The SMILES string of the molecule is CC.Cc1cccc(Cn2c(=O)ccn(C)c2=O)c1.O=C(O)CNC(=O)c1c(F)cccc1F. The summed E-state index contributed by atoms with van der Waals surface area (Å²) in [5.41, 5.74) is 0.728. The largest absolute Gasteiger partial charge is 0.480 e. The Morgan fingerprint density at radius 2 is 1.59 bits per heavy atom. The van der Waals surface area contributed by atoms with Crippen LogP contribution < -0.4 is 16.6 Å². The molecular formula is C24H27F2N3O5. The van der Waals surface area contributed by atoms with E-state index in [-0.39, 0.29) is 11.2 Å². The van der Waals surface area contributed by atoms with Gasteiger partial charge in [-0.1, -0.05) is 49.7 Å². The lowest BCUT2D eigenvalue weighted by Gasteiger charge is -2.07. The zero-order chi connectivity index (χ0) is 25.8. The number of hydrogen-bond donors (Lipinski definition) is 2. The Hall–Kier alpha value is -4.08. The van der Waals surface area contributed by atoms with Crippen LogP contribution in [0.4, 0.5) is 8.78 Å². The van der Waals surface area contributed by atoms with E-state index in [0.29, 0.717) is 6.54 Å². The van der Waals surface area contributed by atoms with Crippen molar-refractivity contribution in [3.8, 4) is 0 Å². The Kier molecular flexibility index (Phi) is 11.1. The minimum Gasteiger partial charge on any atom is -0.480 e. The van der Waals surface area contributed by atoms with Crippen LogP contribution in [-0.4, -0.2) is 32.7 Å². The van der Waals surface area contributed by atoms with E-state index in [1.54, 1.807) is 7.05 Å². The summed E-state index contributed by atoms with van der Waals surface area (Å²) in [6.45, 7) is 5.61. The van der Waals surface area contributed by atoms with Crippen LogP contribution in [0.3, 0.4) is 0 Å². The van der Waals surface area contributed by atoms with Gasteiger partial charge in [-0.25, -0.2) is 13.6 Å². The van der Waals surface area contributed by atoms with Gasteiger partial charge in [0, 0.05) is 19.3 Å². The van der Waals surface area contributed by atoms with Gasteiger partial charge in [0.05, 0.1) is 6.54 Å². The van der Waals surface area contributed by atoms with E-state index in [4.69, 9.17) is 5.11 Å². The molecule has 0 aliphatic heterocycles. The monoisotopic (exact) mass is 475 g/mol. The van der Waals surface area contributed by atoms with Gasteiger partial charge >= 0.3 is 11.7 Å². The molecule has 0 aliphatic carbocycles. The van der Waals surface area contributed by atoms with Crippen LogP contribution in [0.15, 0.2) is 64.3 Å². The number of aromatic nitrogens is 2. The fraction of sp³-hybridized carbons (Fsp3) is 0.250. The van der Waals surface area contributed by atoms with E-state index in [1.807, 2.05) is 50.4 Å². The molecule has 0 bridgehead atoms. The predicted molar refractivity (Wildman–Crippen MR) is 124 cm³/mol. The molecule has 3 aromatic rings. The lowest BCUT2D eigenvalue weighted by atomic mass is 10.1. The number of carboxylic acids is 1. The number of carbonyl (C=O) groups excluding carboxylic acids is 1. The molecule has 1 aromatic heterocycles. The molecule has 0 saturated heterocycles. The Balaban J connectivity index is 0.000000320. The van der Waals surface area contributed by atoms with Crippen LogP contribution in [0, 0.1) is 18.6 Å². The summed E-state index contributed by atoms with van der Waals surface area (Å²) >= 11 is 0. The average Bonchev–Trinajstić information content (AvgIpc) is 2.80. The standard InChI is InChI=1S/C13H14N2O2.C9H7F2NO3.C2H6/c1-10-4-3-5-11(8-10)9-15-12(16)6-7-14(2)13(15)17;10-5-2-1-3-6(11)8(5)9(15)12-4-7(13)14;1-2/h3-8H,9H2,1-2H3;1-3H,4H2,(H,12,15)(H,13,14);1-2H3. The van der Waals surface area contributed by atoms with Crippen molar-refractivity contribution in [2.45, 2.75) is 27.3 Å². The molecule has 10 heteroatoms. The molecule has 8 nitrogen and oxygen atoms in total. The fourth-order valence-corrected chi connectivity index (χ4v) is 2.71. The van der Waals surface area contributed by atoms with E-state index in [0.717, 1.165) is 29.3 Å². The second-order valence-corrected chi connectivity index (χ2v) is 6.80. The van der Waals surface area contributed by atoms with Crippen LogP contribution >= 0.6 is 0 Å². The number of amides is 1. The number of rotatable bonds is 5. The first-order valence-corrected chi connectivity index (χ1v) is 10.4. The molecule has 34 heavy (non-hydrogen) atoms. The highest BCUT2D eigenvalue weighted by Gasteiger charge is 2.17. The summed E-state index contributed by atoms with van der Waals surface area (Å²) in [6, 6.07) is 12.1. The van der Waals surface area contributed by atoms with Crippen molar-refractivity contribution in [2.75, 3.05) is 6.54 Å². The van der Waals surface area contributed by atoms with Gasteiger partial charge in [0.2, 0.25) is 0 Å². The first-order chi connectivity index (χ1) is 16.1. The lowest BCUT2D eigenvalue weighted by molar-refractivity contribution is -0.135. The van der Waals surface area contributed by atoms with Gasteiger partial charge in [-0.3, -0.25) is 19.0 Å². The van der Waals surface area contributed by atoms with Crippen LogP contribution in [0.25, 0.3) is 0 Å². The molecule has 1 heterocycles. The van der Waals surface area contributed by atoms with Crippen LogP contribution in [0.5, 0.6) is 0 Å². The molecule has 182 valence electrons. The molecule has 1 amide bonds. The van der Waals surface area contributed by atoms with Crippen molar-refractivity contribution >= 4 is 11.9 Å². The van der Waals surface area contributed by atoms with Crippen molar-refractivity contribution in [3.05, 3.63) is 104 Å². The first-order valence-electron chi connectivity index (χ1n) is 10.4. The molecule has 0 radical (unpaired) electrons. The Bertz CT molecular complexity index is 1230. The second kappa shape index (κ2) is 13.5. The zero-order valence-corrected chi connectivity index (χ0v) is 19.3. The van der Waals surface area contributed by atoms with E-state index < -0.39 is 35.6 Å². The maximum absolute atomic E-state index is 13.0. The van der Waals surface area contributed by atoms with Gasteiger partial charge in [-0.05, 0) is 24.6 Å². The smallest absolute Gasteiger partial charge is 0.331 e. The molecule has 2 N–H and O–H groups in total. The van der Waals surface area contributed by atoms with E-state index in [2.05, 4.69) is 0 Å². The molecular weight excluding hydrogens is 448 g/mol. The van der Waals surface area contributed by atoms with Gasteiger partial charge in [-0.2, -0.15) is 0 Å². The highest BCUT2D eigenvalue weighted by Crippen LogP contribution is 2.11. The number of hydrogen-bond acceptors (Lipinski definition) is 4. The fourth-order valence-electron chi connectivity index (χ4n) is 2.71. The maximum Gasteiger partial charge on any atom is 0.331 e. The minimum atomic E-state index is -1.29. The molecule has 0 saturated carbocycles. The van der Waals surface area contributed by atoms with Crippen molar-refractivity contribution in [1.82, 2.24) is 14.5 Å². The Morgan fingerprint density at radius 1 is 1.00 bits per heavy atom. The third kappa shape index (κ3) is 8.12. The van der Waals surface area contributed by atoms with Gasteiger partial charge in [0.25, 0.3) is 11.5 Å². The molecule has 0 unspecified atom stereocenters. The molecule has 0 atom stereocenters. The minimum absolute atomic E-state index is 0.269. The van der Waals surface area contributed by atoms with Gasteiger partial charge in [0.15, 0.2) is 0 Å². The van der Waals surface area contributed by atoms with E-state index in [1.165, 1.54) is 21.4 Å². The number of carboxylic acid groups (broad SMARTS) is 1. The second-order valence-electron chi connectivity index (χ2n) is 6.80. The number of aryl methyl sites for hydroxylation is 2. The van der Waals surface area contributed by atoms with E-state index >= 15 is 0 Å². The normalized spacial score (nSPS) is 9.71. The molecule has 3 rings (SSSR count). The van der Waals surface area contributed by atoms with Gasteiger partial charge in [0.1, 0.15) is 23.7 Å². The number of nitrogens with one attached hydrogen (secondary N) is 1. The lowest BCUT2D eigenvalue weighted by Crippen LogP contribution is -2.38. The highest BCUT2D eigenvalue weighted by atomic mass is 19.1. The zero-order valence-electron chi connectivity index (χ0n) is 19.3. The molecule has 0 aliphatic rings. The van der Waals surface area contributed by atoms with Crippen LogP contribution in [0.2, 0.25) is 0 Å². The average molecular weight is 475 g/mol. The first kappa shape index (κ1) is 28.0. The molecule has 2 aromatic carbocycles. The quantitative estimate of drug-likeness (QED) is 0.590. The van der Waals surface area contributed by atoms with Crippen molar-refractivity contribution in [2.24, 2.45) is 7.05 Å². The summed E-state index contributed by atoms with van der Waals surface area (Å²) in [4.78, 5) is 44.7. The molecule has 0 spiro atoms. The number of halogens is 2. The summed E-state index contributed by atoms with van der Waals surface area (Å²) in [7, 11) is 1.63. The molecule has 0 fully saturated rings. The summed E-state index contributed by atoms with van der Waals surface area (Å²) < 4.78 is 28.6. The topological polar surface area (TPSA) is 110 Å². The number of benzene rings is 2. The third-order valence-electron chi connectivity index (χ3n) is 4.25. The number of nitrogens with zero attached hydrogens (tertiary/aromatic N) is 2. The van der Waals surface area contributed by atoms with Crippen LogP contribution in [-0.2, 0) is 18.4 Å². The van der Waals surface area contributed by atoms with E-state index in [9.17, 15) is 28.0 Å². The van der Waals surface area contributed by atoms with Crippen molar-refractivity contribution in [1.29, 1.82) is 0 Å². The van der Waals surface area contributed by atoms with Crippen LogP contribution in [0.1, 0.15) is 35.3 Å². The summed E-state index contributed by atoms with van der Waals surface area (Å²) in [5, 5.41) is 10.1. The van der Waals surface area contributed by atoms with Gasteiger partial charge < -0.3 is 15.0 Å². The Morgan fingerprint density at radius 3 is 2.15 bits per heavy atom. The van der Waals surface area contributed by atoms with Crippen molar-refractivity contribution in [3.63, 3.8) is 0 Å². The predicted octanol–water partition coefficient (Wildman–Crippen LogP) is 2.71. The summed E-state index contributed by atoms with van der Waals surface area (Å²) in [6.07, 6.45) is 1.48. The number of carbonyl (C=O) groups is 2.